The monoisotopic (exact) mass is 384 g/mol. The Bertz CT molecular complexity index is 1170. The van der Waals surface area contributed by atoms with E-state index >= 15 is 0 Å². The Morgan fingerprint density at radius 2 is 1.66 bits per heavy atom. The van der Waals surface area contributed by atoms with Gasteiger partial charge in [-0.1, -0.05) is 54.6 Å². The van der Waals surface area contributed by atoms with Crippen molar-refractivity contribution in [1.29, 1.82) is 0 Å². The largest absolute Gasteiger partial charge is 0.507 e. The molecule has 2 N–H and O–H groups in total. The maximum absolute atomic E-state index is 13.2. The number of anilines is 1. The molecular formula is C23H16N2O4. The molecule has 0 unspecified atom stereocenters. The number of aromatic carboxylic acids is 1. The van der Waals surface area contributed by atoms with Crippen LogP contribution in [0.1, 0.15) is 21.5 Å². The van der Waals surface area contributed by atoms with E-state index < -0.39 is 11.9 Å². The van der Waals surface area contributed by atoms with Gasteiger partial charge in [0, 0.05) is 11.1 Å². The van der Waals surface area contributed by atoms with Gasteiger partial charge in [-0.25, -0.2) is 4.79 Å². The van der Waals surface area contributed by atoms with Crippen molar-refractivity contribution in [3.05, 3.63) is 101 Å². The predicted octanol–water partition coefficient (Wildman–Crippen LogP) is 3.92. The van der Waals surface area contributed by atoms with E-state index in [2.05, 4.69) is 5.10 Å². The normalized spacial score (nSPS) is 14.9. The molecule has 0 atom stereocenters. The Balaban J connectivity index is 1.85. The Morgan fingerprint density at radius 3 is 2.38 bits per heavy atom. The summed E-state index contributed by atoms with van der Waals surface area (Å²) in [5.74, 6) is -1.45. The highest BCUT2D eigenvalue weighted by molar-refractivity contribution is 6.37. The number of carbonyl (C=O) groups is 2. The van der Waals surface area contributed by atoms with E-state index in [-0.39, 0.29) is 11.3 Å². The molecule has 0 fully saturated rings. The van der Waals surface area contributed by atoms with Gasteiger partial charge in [0.1, 0.15) is 11.5 Å². The minimum Gasteiger partial charge on any atom is -0.507 e. The van der Waals surface area contributed by atoms with Gasteiger partial charge in [-0.15, -0.1) is 0 Å². The molecule has 29 heavy (non-hydrogen) atoms. The molecule has 1 heterocycles. The van der Waals surface area contributed by atoms with Gasteiger partial charge in [-0.2, -0.15) is 10.1 Å². The number of rotatable bonds is 4. The minimum atomic E-state index is -1.09. The Labute approximate surface area is 166 Å². The third-order valence-electron chi connectivity index (χ3n) is 4.50. The van der Waals surface area contributed by atoms with Gasteiger partial charge in [-0.3, -0.25) is 4.79 Å². The molecule has 0 saturated carbocycles. The summed E-state index contributed by atoms with van der Waals surface area (Å²) in [4.78, 5) is 24.5. The van der Waals surface area contributed by atoms with Crippen LogP contribution in [-0.2, 0) is 4.79 Å². The second-order valence-electron chi connectivity index (χ2n) is 6.40. The van der Waals surface area contributed by atoms with Crippen LogP contribution in [-0.4, -0.2) is 27.8 Å². The van der Waals surface area contributed by atoms with Crippen molar-refractivity contribution in [2.45, 2.75) is 0 Å². The summed E-state index contributed by atoms with van der Waals surface area (Å²) in [5, 5.41) is 25.0. The smallest absolute Gasteiger partial charge is 0.335 e. The lowest BCUT2D eigenvalue weighted by molar-refractivity contribution is -0.114. The first-order valence-electron chi connectivity index (χ1n) is 8.86. The third kappa shape index (κ3) is 3.51. The summed E-state index contributed by atoms with van der Waals surface area (Å²) in [6, 6.07) is 22.0. The van der Waals surface area contributed by atoms with E-state index in [1.165, 1.54) is 17.1 Å². The fourth-order valence-electron chi connectivity index (χ4n) is 3.06. The standard InChI is InChI=1S/C23H16N2O4/c26-20-12-5-4-9-16(20)14-19-21(15-7-2-1-3-8-15)24-25(22(19)27)18-11-6-10-17(13-18)23(28)29/h1-14,26H,(H,28,29). The van der Waals surface area contributed by atoms with Crippen LogP contribution >= 0.6 is 0 Å². The molecule has 1 aliphatic rings. The van der Waals surface area contributed by atoms with E-state index in [0.717, 1.165) is 5.56 Å². The summed E-state index contributed by atoms with van der Waals surface area (Å²) in [7, 11) is 0. The minimum absolute atomic E-state index is 0.0477. The van der Waals surface area contributed by atoms with Gasteiger partial charge in [0.2, 0.25) is 0 Å². The maximum Gasteiger partial charge on any atom is 0.335 e. The zero-order valence-electron chi connectivity index (χ0n) is 15.2. The number of carbonyl (C=O) groups excluding carboxylic acids is 1. The number of amides is 1. The second kappa shape index (κ2) is 7.44. The maximum atomic E-state index is 13.2. The number of phenols is 1. The van der Waals surface area contributed by atoms with Crippen LogP contribution in [0.4, 0.5) is 5.69 Å². The topological polar surface area (TPSA) is 90.2 Å². The molecule has 0 spiro atoms. The Morgan fingerprint density at radius 1 is 0.931 bits per heavy atom. The van der Waals surface area contributed by atoms with Crippen molar-refractivity contribution >= 4 is 29.4 Å². The SMILES string of the molecule is O=C(O)c1cccc(N2N=C(c3ccccc3)C(=Cc3ccccc3O)C2=O)c1. The molecule has 0 bridgehead atoms. The lowest BCUT2D eigenvalue weighted by Crippen LogP contribution is -2.21. The van der Waals surface area contributed by atoms with Gasteiger partial charge < -0.3 is 10.2 Å². The average Bonchev–Trinajstić information content (AvgIpc) is 3.07. The number of hydrogen-bond acceptors (Lipinski definition) is 4. The van der Waals surface area contributed by atoms with Crippen LogP contribution < -0.4 is 5.01 Å². The van der Waals surface area contributed by atoms with Crippen molar-refractivity contribution in [1.82, 2.24) is 0 Å². The van der Waals surface area contributed by atoms with Crippen molar-refractivity contribution in [3.8, 4) is 5.75 Å². The molecule has 3 aromatic carbocycles. The molecule has 0 saturated heterocycles. The zero-order chi connectivity index (χ0) is 20.4. The van der Waals surface area contributed by atoms with Crippen molar-refractivity contribution in [2.75, 3.05) is 5.01 Å². The molecule has 1 aliphatic heterocycles. The van der Waals surface area contributed by atoms with E-state index in [1.54, 1.807) is 42.5 Å². The fourth-order valence-corrected chi connectivity index (χ4v) is 3.06. The second-order valence-corrected chi connectivity index (χ2v) is 6.40. The third-order valence-corrected chi connectivity index (χ3v) is 4.50. The molecular weight excluding hydrogens is 368 g/mol. The summed E-state index contributed by atoms with van der Waals surface area (Å²) >= 11 is 0. The number of para-hydroxylation sites is 1. The quantitative estimate of drug-likeness (QED) is 0.667. The zero-order valence-corrected chi connectivity index (χ0v) is 15.2. The highest BCUT2D eigenvalue weighted by Gasteiger charge is 2.32. The molecule has 0 radical (unpaired) electrons. The van der Waals surface area contributed by atoms with Crippen LogP contribution in [0.3, 0.4) is 0 Å². The van der Waals surface area contributed by atoms with Crippen molar-refractivity contribution < 1.29 is 19.8 Å². The van der Waals surface area contributed by atoms with E-state index in [4.69, 9.17) is 0 Å². The van der Waals surface area contributed by atoms with Crippen LogP contribution in [0.15, 0.2) is 89.5 Å². The van der Waals surface area contributed by atoms with Gasteiger partial charge in [-0.05, 0) is 30.3 Å². The van der Waals surface area contributed by atoms with E-state index in [0.29, 0.717) is 22.5 Å². The number of hydrogen-bond donors (Lipinski definition) is 2. The highest BCUT2D eigenvalue weighted by atomic mass is 16.4. The highest BCUT2D eigenvalue weighted by Crippen LogP contribution is 2.30. The van der Waals surface area contributed by atoms with E-state index in [1.807, 2.05) is 30.3 Å². The number of aromatic hydroxyl groups is 1. The lowest BCUT2D eigenvalue weighted by Gasteiger charge is -2.12. The van der Waals surface area contributed by atoms with Crippen LogP contribution in [0.5, 0.6) is 5.75 Å². The molecule has 0 aromatic heterocycles. The number of carboxylic acid groups (broad SMARTS) is 1. The number of phenolic OH excluding ortho intramolecular Hbond substituents is 1. The number of hydrazone groups is 1. The first kappa shape index (κ1) is 18.2. The van der Waals surface area contributed by atoms with Crippen molar-refractivity contribution in [3.63, 3.8) is 0 Å². The average molecular weight is 384 g/mol. The summed E-state index contributed by atoms with van der Waals surface area (Å²) in [5.41, 5.74) is 2.38. The predicted molar refractivity (Wildman–Crippen MR) is 110 cm³/mol. The van der Waals surface area contributed by atoms with E-state index in [9.17, 15) is 19.8 Å². The summed E-state index contributed by atoms with van der Waals surface area (Å²) in [6.45, 7) is 0. The lowest BCUT2D eigenvalue weighted by atomic mass is 10.00. The molecule has 1 amide bonds. The first-order valence-corrected chi connectivity index (χ1v) is 8.86. The molecule has 6 heteroatoms. The molecule has 6 nitrogen and oxygen atoms in total. The summed E-state index contributed by atoms with van der Waals surface area (Å²) in [6.07, 6.45) is 1.59. The number of benzene rings is 3. The molecule has 142 valence electrons. The van der Waals surface area contributed by atoms with Crippen molar-refractivity contribution in [2.24, 2.45) is 5.10 Å². The van der Waals surface area contributed by atoms with Crippen LogP contribution in [0.2, 0.25) is 0 Å². The van der Waals surface area contributed by atoms with Crippen LogP contribution in [0, 0.1) is 0 Å². The Hall–Kier alpha value is -4.19. The van der Waals surface area contributed by atoms with Gasteiger partial charge >= 0.3 is 5.97 Å². The van der Waals surface area contributed by atoms with Gasteiger partial charge in [0.05, 0.1) is 16.8 Å². The summed E-state index contributed by atoms with van der Waals surface area (Å²) < 4.78 is 0. The van der Waals surface area contributed by atoms with Gasteiger partial charge in [0.15, 0.2) is 0 Å². The first-order chi connectivity index (χ1) is 14.0. The number of nitrogens with zero attached hydrogens (tertiary/aromatic N) is 2. The molecule has 0 aliphatic carbocycles. The van der Waals surface area contributed by atoms with Gasteiger partial charge in [0.25, 0.3) is 5.91 Å². The molecule has 3 aromatic rings. The van der Waals surface area contributed by atoms with Crippen LogP contribution in [0.25, 0.3) is 6.08 Å². The number of carboxylic acids is 1. The fraction of sp³-hybridized carbons (Fsp3) is 0. The Kier molecular flexibility index (Phi) is 4.66. The molecule has 4 rings (SSSR count).